The number of piperidine rings is 1. The first-order chi connectivity index (χ1) is 15.6. The third kappa shape index (κ3) is 4.29. The Hall–Kier alpha value is -3.07. The maximum Gasteiger partial charge on any atom is 0.258 e. The summed E-state index contributed by atoms with van der Waals surface area (Å²) < 4.78 is 9.27. The number of hydrogen-bond acceptors (Lipinski definition) is 7. The maximum atomic E-state index is 12.4. The summed E-state index contributed by atoms with van der Waals surface area (Å²) in [5.41, 5.74) is 1.28. The van der Waals surface area contributed by atoms with E-state index >= 15 is 0 Å². The van der Waals surface area contributed by atoms with E-state index in [-0.39, 0.29) is 5.56 Å². The van der Waals surface area contributed by atoms with E-state index in [0.717, 1.165) is 35.6 Å². The molecule has 0 radical (unpaired) electrons. The van der Waals surface area contributed by atoms with Gasteiger partial charge in [0.2, 0.25) is 5.95 Å². The van der Waals surface area contributed by atoms with Crippen LogP contribution in [-0.2, 0) is 12.3 Å². The topological polar surface area (TPSA) is 81.5 Å². The Kier molecular flexibility index (Phi) is 5.73. The van der Waals surface area contributed by atoms with E-state index in [0.29, 0.717) is 29.8 Å². The van der Waals surface area contributed by atoms with Crippen molar-refractivity contribution >= 4 is 23.4 Å². The zero-order chi connectivity index (χ0) is 22.1. The van der Waals surface area contributed by atoms with Gasteiger partial charge in [-0.05, 0) is 42.5 Å². The molecule has 2 atom stereocenters. The number of nitrogens with zero attached hydrogens (tertiary/aromatic N) is 6. The zero-order valence-electron chi connectivity index (χ0n) is 18.2. The Labute approximate surface area is 190 Å². The number of fused-ring (bicyclic) bond motifs is 1. The van der Waals surface area contributed by atoms with Gasteiger partial charge in [0.05, 0.1) is 18.5 Å². The van der Waals surface area contributed by atoms with Gasteiger partial charge in [0.1, 0.15) is 11.4 Å². The summed E-state index contributed by atoms with van der Waals surface area (Å²) in [5.74, 6) is 3.47. The van der Waals surface area contributed by atoms with Crippen LogP contribution in [0.3, 0.4) is 0 Å². The van der Waals surface area contributed by atoms with Crippen molar-refractivity contribution < 1.29 is 4.42 Å². The van der Waals surface area contributed by atoms with Crippen LogP contribution in [0.2, 0.25) is 0 Å². The highest BCUT2D eigenvalue weighted by atomic mass is 32.2. The van der Waals surface area contributed by atoms with Crippen molar-refractivity contribution in [3.05, 3.63) is 70.7 Å². The minimum Gasteiger partial charge on any atom is -0.467 e. The summed E-state index contributed by atoms with van der Waals surface area (Å²) in [6.07, 6.45) is 4.64. The summed E-state index contributed by atoms with van der Waals surface area (Å²) in [7, 11) is 0. The molecule has 8 nitrogen and oxygen atoms in total. The average Bonchev–Trinajstić information content (AvgIpc) is 3.42. The van der Waals surface area contributed by atoms with E-state index in [1.54, 1.807) is 22.9 Å². The van der Waals surface area contributed by atoms with Crippen LogP contribution in [0.4, 0.5) is 5.95 Å². The van der Waals surface area contributed by atoms with Crippen molar-refractivity contribution in [3.63, 3.8) is 0 Å². The number of aromatic nitrogens is 5. The van der Waals surface area contributed by atoms with Crippen LogP contribution in [-0.4, -0.2) is 37.2 Å². The molecule has 2 unspecified atom stereocenters. The van der Waals surface area contributed by atoms with Crippen molar-refractivity contribution in [2.24, 2.45) is 11.8 Å². The second-order valence-corrected chi connectivity index (χ2v) is 9.54. The van der Waals surface area contributed by atoms with Crippen LogP contribution in [0.15, 0.2) is 63.2 Å². The van der Waals surface area contributed by atoms with Crippen LogP contribution in [0.5, 0.6) is 0 Å². The second kappa shape index (κ2) is 8.82. The summed E-state index contributed by atoms with van der Waals surface area (Å²) in [5, 5.41) is 9.85. The van der Waals surface area contributed by atoms with Gasteiger partial charge in [-0.2, -0.15) is 0 Å². The number of thioether (sulfide) groups is 1. The fourth-order valence-electron chi connectivity index (χ4n) is 4.46. The summed E-state index contributed by atoms with van der Waals surface area (Å²) in [4.78, 5) is 19.4. The van der Waals surface area contributed by atoms with Gasteiger partial charge in [0, 0.05) is 31.1 Å². The van der Waals surface area contributed by atoms with Gasteiger partial charge >= 0.3 is 0 Å². The van der Waals surface area contributed by atoms with Crippen LogP contribution in [0, 0.1) is 11.8 Å². The third-order valence-corrected chi connectivity index (χ3v) is 6.72. The quantitative estimate of drug-likeness (QED) is 0.414. The standard InChI is InChI=1S/C23H26N6O2S/c1-16-10-17(2)13-27(12-16)22-25-26-23(29(22)14-19-6-5-9-31-19)32-15-18-11-21(30)28-8-4-3-7-20(28)24-18/h3-9,11,16-17H,10,12-15H2,1-2H3. The molecule has 5 rings (SSSR count). The van der Waals surface area contributed by atoms with Gasteiger partial charge in [-0.1, -0.05) is 31.7 Å². The zero-order valence-corrected chi connectivity index (χ0v) is 19.0. The maximum absolute atomic E-state index is 12.4. The Morgan fingerprint density at radius 2 is 1.97 bits per heavy atom. The lowest BCUT2D eigenvalue weighted by molar-refractivity contribution is 0.350. The first-order valence-corrected chi connectivity index (χ1v) is 11.9. The molecule has 0 saturated carbocycles. The van der Waals surface area contributed by atoms with Crippen LogP contribution >= 0.6 is 11.8 Å². The smallest absolute Gasteiger partial charge is 0.258 e. The molecule has 0 aromatic carbocycles. The molecule has 1 fully saturated rings. The molecule has 1 saturated heterocycles. The van der Waals surface area contributed by atoms with Gasteiger partial charge in [0.25, 0.3) is 5.56 Å². The van der Waals surface area contributed by atoms with E-state index < -0.39 is 0 Å². The van der Waals surface area contributed by atoms with Crippen LogP contribution in [0.1, 0.15) is 31.7 Å². The first kappa shape index (κ1) is 20.8. The molecule has 1 aliphatic rings. The fraction of sp³-hybridized carbons (Fsp3) is 0.391. The average molecular weight is 451 g/mol. The fourth-order valence-corrected chi connectivity index (χ4v) is 5.29. The molecule has 0 aliphatic carbocycles. The Bertz CT molecular complexity index is 1260. The van der Waals surface area contributed by atoms with Crippen molar-refractivity contribution in [2.45, 2.75) is 37.7 Å². The Balaban J connectivity index is 1.43. The number of rotatable bonds is 6. The molecule has 9 heteroatoms. The lowest BCUT2D eigenvalue weighted by atomic mass is 9.92. The van der Waals surface area contributed by atoms with E-state index in [4.69, 9.17) is 4.42 Å². The van der Waals surface area contributed by atoms with Crippen molar-refractivity contribution in [1.82, 2.24) is 24.1 Å². The van der Waals surface area contributed by atoms with Gasteiger partial charge in [-0.15, -0.1) is 10.2 Å². The Morgan fingerprint density at radius 3 is 2.75 bits per heavy atom. The summed E-state index contributed by atoms with van der Waals surface area (Å²) in [6.45, 7) is 7.07. The van der Waals surface area contributed by atoms with E-state index in [9.17, 15) is 4.79 Å². The molecule has 0 amide bonds. The second-order valence-electron chi connectivity index (χ2n) is 8.60. The third-order valence-electron chi connectivity index (χ3n) is 5.72. The van der Waals surface area contributed by atoms with Crippen molar-refractivity contribution in [1.29, 1.82) is 0 Å². The molecule has 0 N–H and O–H groups in total. The normalized spacial score (nSPS) is 19.0. The Morgan fingerprint density at radius 1 is 1.12 bits per heavy atom. The molecule has 32 heavy (non-hydrogen) atoms. The minimum atomic E-state index is -0.0831. The number of anilines is 1. The molecule has 4 aromatic rings. The molecule has 0 spiro atoms. The summed E-state index contributed by atoms with van der Waals surface area (Å²) in [6, 6.07) is 11.0. The number of pyridine rings is 1. The molecule has 166 valence electrons. The molecular formula is C23H26N6O2S. The van der Waals surface area contributed by atoms with Crippen molar-refractivity contribution in [2.75, 3.05) is 18.0 Å². The SMILES string of the molecule is CC1CC(C)CN(c2nnc(SCc3cc(=O)n4ccccc4n3)n2Cc2ccco2)C1. The highest BCUT2D eigenvalue weighted by molar-refractivity contribution is 7.98. The van der Waals surface area contributed by atoms with Gasteiger partial charge in [-0.3, -0.25) is 13.8 Å². The highest BCUT2D eigenvalue weighted by Crippen LogP contribution is 2.30. The van der Waals surface area contributed by atoms with Crippen molar-refractivity contribution in [3.8, 4) is 0 Å². The predicted molar refractivity (Wildman–Crippen MR) is 124 cm³/mol. The monoisotopic (exact) mass is 450 g/mol. The van der Waals surface area contributed by atoms with Gasteiger partial charge < -0.3 is 9.32 Å². The number of furan rings is 1. The van der Waals surface area contributed by atoms with Gasteiger partial charge in [0.15, 0.2) is 5.16 Å². The summed E-state index contributed by atoms with van der Waals surface area (Å²) >= 11 is 1.54. The van der Waals surface area contributed by atoms with Gasteiger partial charge in [-0.25, -0.2) is 4.98 Å². The van der Waals surface area contributed by atoms with E-state index in [1.807, 2.05) is 30.3 Å². The lowest BCUT2D eigenvalue weighted by Crippen LogP contribution is -2.40. The molecule has 0 bridgehead atoms. The minimum absolute atomic E-state index is 0.0831. The largest absolute Gasteiger partial charge is 0.467 e. The molecule has 5 heterocycles. The molecular weight excluding hydrogens is 424 g/mol. The van der Waals surface area contributed by atoms with E-state index in [2.05, 4.69) is 38.5 Å². The lowest BCUT2D eigenvalue weighted by Gasteiger charge is -2.35. The number of hydrogen-bond donors (Lipinski definition) is 0. The molecule has 1 aliphatic heterocycles. The van der Waals surface area contributed by atoms with Crippen LogP contribution < -0.4 is 10.5 Å². The first-order valence-electron chi connectivity index (χ1n) is 10.9. The van der Waals surface area contributed by atoms with Crippen LogP contribution in [0.25, 0.3) is 5.65 Å². The molecule has 4 aromatic heterocycles. The predicted octanol–water partition coefficient (Wildman–Crippen LogP) is 3.70. The highest BCUT2D eigenvalue weighted by Gasteiger charge is 2.27. The van der Waals surface area contributed by atoms with E-state index in [1.165, 1.54) is 18.2 Å².